The van der Waals surface area contributed by atoms with Crippen LogP contribution in [0, 0.1) is 19.8 Å². The first kappa shape index (κ1) is 18.1. The summed E-state index contributed by atoms with van der Waals surface area (Å²) in [6.07, 6.45) is 0.368. The summed E-state index contributed by atoms with van der Waals surface area (Å²) in [5, 5.41) is 0.579. The number of sulfone groups is 1. The molecule has 1 aliphatic heterocycles. The van der Waals surface area contributed by atoms with E-state index in [2.05, 4.69) is 4.98 Å². The second-order valence-corrected chi connectivity index (χ2v) is 10.3. The van der Waals surface area contributed by atoms with Gasteiger partial charge in [0.25, 0.3) is 0 Å². The van der Waals surface area contributed by atoms with E-state index in [1.807, 2.05) is 56.3 Å². The summed E-state index contributed by atoms with van der Waals surface area (Å²) >= 11 is 1.44. The zero-order valence-electron chi connectivity index (χ0n) is 15.2. The molecule has 3 aromatic rings. The highest BCUT2D eigenvalue weighted by molar-refractivity contribution is 7.91. The average Bonchev–Trinajstić information content (AvgIpc) is 3.16. The Morgan fingerprint density at radius 3 is 2.48 bits per heavy atom. The fourth-order valence-corrected chi connectivity index (χ4v) is 6.26. The minimum Gasteiger partial charge on any atom is -0.274 e. The molecule has 0 N–H and O–H groups in total. The second kappa shape index (κ2) is 6.73. The topological polar surface area (TPSA) is 67.3 Å². The Hall–Kier alpha value is -2.25. The van der Waals surface area contributed by atoms with Crippen molar-refractivity contribution in [1.29, 1.82) is 0 Å². The van der Waals surface area contributed by atoms with Gasteiger partial charge in [0.2, 0.25) is 5.91 Å². The number of rotatable bonds is 3. The molecule has 1 unspecified atom stereocenters. The Balaban J connectivity index is 1.83. The minimum atomic E-state index is -3.14. The molecular formula is C20H20N2O3S2. The molecule has 1 atom stereocenters. The first-order chi connectivity index (χ1) is 12.8. The van der Waals surface area contributed by atoms with Crippen LogP contribution in [-0.2, 0) is 14.6 Å². The highest BCUT2D eigenvalue weighted by Crippen LogP contribution is 2.36. The first-order valence-corrected chi connectivity index (χ1v) is 11.4. The van der Waals surface area contributed by atoms with Crippen LogP contribution in [0.4, 0.5) is 10.8 Å². The van der Waals surface area contributed by atoms with Gasteiger partial charge in [0, 0.05) is 0 Å². The number of para-hydroxylation sites is 1. The third-order valence-corrected chi connectivity index (χ3v) is 7.53. The van der Waals surface area contributed by atoms with E-state index in [4.69, 9.17) is 0 Å². The number of benzene rings is 2. The van der Waals surface area contributed by atoms with Gasteiger partial charge in [-0.15, -0.1) is 0 Å². The Bertz CT molecular complexity index is 1080. The Morgan fingerprint density at radius 1 is 1.15 bits per heavy atom. The van der Waals surface area contributed by atoms with Crippen molar-refractivity contribution < 1.29 is 13.2 Å². The molecule has 2 aromatic carbocycles. The van der Waals surface area contributed by atoms with Crippen molar-refractivity contribution in [1.82, 2.24) is 4.98 Å². The lowest BCUT2D eigenvalue weighted by molar-refractivity contribution is -0.120. The lowest BCUT2D eigenvalue weighted by Crippen LogP contribution is -2.33. The number of nitrogens with zero attached hydrogens (tertiary/aromatic N) is 2. The van der Waals surface area contributed by atoms with Crippen molar-refractivity contribution in [3.05, 3.63) is 53.6 Å². The molecule has 27 heavy (non-hydrogen) atoms. The van der Waals surface area contributed by atoms with Gasteiger partial charge in [-0.3, -0.25) is 9.69 Å². The number of fused-ring (bicyclic) bond motifs is 1. The van der Waals surface area contributed by atoms with Gasteiger partial charge in [-0.1, -0.05) is 29.5 Å². The van der Waals surface area contributed by atoms with E-state index in [1.54, 1.807) is 4.90 Å². The van der Waals surface area contributed by atoms with Crippen LogP contribution in [0.3, 0.4) is 0 Å². The molecule has 5 nitrogen and oxygen atoms in total. The maximum atomic E-state index is 13.4. The molecule has 1 saturated heterocycles. The highest BCUT2D eigenvalue weighted by atomic mass is 32.2. The van der Waals surface area contributed by atoms with Gasteiger partial charge in [0.05, 0.1) is 33.3 Å². The predicted molar refractivity (Wildman–Crippen MR) is 109 cm³/mol. The smallest absolute Gasteiger partial charge is 0.237 e. The molecular weight excluding hydrogens is 380 g/mol. The number of thiazole rings is 1. The minimum absolute atomic E-state index is 0.0733. The molecule has 7 heteroatoms. The van der Waals surface area contributed by atoms with Crippen molar-refractivity contribution in [3.8, 4) is 0 Å². The molecule has 0 radical (unpaired) electrons. The van der Waals surface area contributed by atoms with Crippen molar-refractivity contribution >= 4 is 48.1 Å². The molecule has 0 bridgehead atoms. The third-order valence-electron chi connectivity index (χ3n) is 4.74. The fourth-order valence-electron chi connectivity index (χ4n) is 3.54. The van der Waals surface area contributed by atoms with Crippen molar-refractivity contribution in [2.24, 2.45) is 5.92 Å². The Labute approximate surface area is 162 Å². The van der Waals surface area contributed by atoms with E-state index in [-0.39, 0.29) is 17.4 Å². The zero-order chi connectivity index (χ0) is 19.2. The number of hydrogen-bond acceptors (Lipinski definition) is 5. The van der Waals surface area contributed by atoms with Crippen molar-refractivity contribution in [2.75, 3.05) is 16.4 Å². The van der Waals surface area contributed by atoms with Crippen LogP contribution in [0.25, 0.3) is 10.2 Å². The van der Waals surface area contributed by atoms with E-state index in [1.165, 1.54) is 11.3 Å². The fraction of sp³-hybridized carbons (Fsp3) is 0.300. The van der Waals surface area contributed by atoms with Crippen LogP contribution in [0.2, 0.25) is 0 Å². The summed E-state index contributed by atoms with van der Waals surface area (Å²) in [5.74, 6) is -0.731. The van der Waals surface area contributed by atoms with E-state index in [0.717, 1.165) is 27.0 Å². The van der Waals surface area contributed by atoms with Gasteiger partial charge in [-0.2, -0.15) is 0 Å². The van der Waals surface area contributed by atoms with Gasteiger partial charge in [-0.25, -0.2) is 13.4 Å². The molecule has 1 aliphatic rings. The summed E-state index contributed by atoms with van der Waals surface area (Å²) in [5.41, 5.74) is 3.66. The summed E-state index contributed by atoms with van der Waals surface area (Å²) in [4.78, 5) is 19.6. The molecule has 4 rings (SSSR count). The number of carbonyl (C=O) groups is 1. The van der Waals surface area contributed by atoms with Crippen molar-refractivity contribution in [2.45, 2.75) is 20.3 Å². The zero-order valence-corrected chi connectivity index (χ0v) is 16.8. The van der Waals surface area contributed by atoms with Gasteiger partial charge in [0.15, 0.2) is 15.0 Å². The van der Waals surface area contributed by atoms with E-state index in [9.17, 15) is 13.2 Å². The molecule has 1 fully saturated rings. The van der Waals surface area contributed by atoms with Crippen LogP contribution >= 0.6 is 11.3 Å². The quantitative estimate of drug-likeness (QED) is 0.666. The number of anilines is 2. The van der Waals surface area contributed by atoms with Gasteiger partial charge in [0.1, 0.15) is 0 Å². The number of amides is 1. The normalized spacial score (nSPS) is 18.7. The molecule has 2 heterocycles. The predicted octanol–water partition coefficient (Wildman–Crippen LogP) is 4.01. The van der Waals surface area contributed by atoms with Crippen LogP contribution < -0.4 is 4.90 Å². The summed E-state index contributed by atoms with van der Waals surface area (Å²) in [6.45, 7) is 3.97. The second-order valence-electron chi connectivity index (χ2n) is 7.08. The van der Waals surface area contributed by atoms with Gasteiger partial charge in [-0.05, 0) is 55.7 Å². The van der Waals surface area contributed by atoms with Crippen LogP contribution in [-0.4, -0.2) is 30.8 Å². The molecule has 0 aliphatic carbocycles. The third kappa shape index (κ3) is 3.61. The van der Waals surface area contributed by atoms with E-state index >= 15 is 0 Å². The van der Waals surface area contributed by atoms with Gasteiger partial charge < -0.3 is 0 Å². The SMILES string of the molecule is Cc1cc(C)cc(N(C(=O)C2CCS(=O)(=O)C2)c2nc3ccccc3s2)c1. The molecule has 1 aromatic heterocycles. The molecule has 140 valence electrons. The number of aryl methyl sites for hydroxylation is 2. The lowest BCUT2D eigenvalue weighted by atomic mass is 10.1. The van der Waals surface area contributed by atoms with E-state index in [0.29, 0.717) is 11.6 Å². The summed E-state index contributed by atoms with van der Waals surface area (Å²) in [6, 6.07) is 13.7. The number of hydrogen-bond donors (Lipinski definition) is 0. The Morgan fingerprint density at radius 2 is 1.85 bits per heavy atom. The van der Waals surface area contributed by atoms with Gasteiger partial charge >= 0.3 is 0 Å². The molecule has 0 spiro atoms. The largest absolute Gasteiger partial charge is 0.274 e. The monoisotopic (exact) mass is 400 g/mol. The maximum Gasteiger partial charge on any atom is 0.237 e. The molecule has 0 saturated carbocycles. The number of aromatic nitrogens is 1. The number of carbonyl (C=O) groups excluding carboxylic acids is 1. The Kier molecular flexibility index (Phi) is 4.52. The van der Waals surface area contributed by atoms with Crippen LogP contribution in [0.5, 0.6) is 0 Å². The highest BCUT2D eigenvalue weighted by Gasteiger charge is 2.37. The van der Waals surface area contributed by atoms with Crippen molar-refractivity contribution in [3.63, 3.8) is 0 Å². The lowest BCUT2D eigenvalue weighted by Gasteiger charge is -2.23. The summed E-state index contributed by atoms with van der Waals surface area (Å²) in [7, 11) is -3.14. The summed E-state index contributed by atoms with van der Waals surface area (Å²) < 4.78 is 24.8. The van der Waals surface area contributed by atoms with Crippen LogP contribution in [0.15, 0.2) is 42.5 Å². The molecule has 1 amide bonds. The first-order valence-electron chi connectivity index (χ1n) is 8.81. The average molecular weight is 401 g/mol. The standard InChI is InChI=1S/C20H20N2O3S2/c1-13-9-14(2)11-16(10-13)22(19(23)15-7-8-27(24,25)12-15)20-21-17-5-3-4-6-18(17)26-20/h3-6,9-11,15H,7-8,12H2,1-2H3. The van der Waals surface area contributed by atoms with E-state index < -0.39 is 15.8 Å². The maximum absolute atomic E-state index is 13.4. The van der Waals surface area contributed by atoms with Crippen LogP contribution in [0.1, 0.15) is 17.5 Å².